The van der Waals surface area contributed by atoms with Gasteiger partial charge in [0.05, 0.1) is 34.2 Å². The van der Waals surface area contributed by atoms with Crippen molar-refractivity contribution in [3.63, 3.8) is 0 Å². The van der Waals surface area contributed by atoms with E-state index in [4.69, 9.17) is 0 Å². The molecule has 0 N–H and O–H groups in total. The molecule has 100 valence electrons. The topological polar surface area (TPSA) is 3.24 Å². The van der Waals surface area contributed by atoms with Crippen LogP contribution in [0.4, 0.5) is 11.4 Å². The number of hydrogen-bond acceptors (Lipinski definition) is 1. The Morgan fingerprint density at radius 1 is 0.737 bits per heavy atom. The number of hydrogen-bond donors (Lipinski definition) is 0. The van der Waals surface area contributed by atoms with Crippen molar-refractivity contribution in [3.05, 3.63) is 58.1 Å². The van der Waals surface area contributed by atoms with E-state index in [0.717, 1.165) is 0 Å². The number of nitrogens with zero attached hydrogens (tertiary/aromatic N) is 1. The maximum atomic E-state index is 2.41. The summed E-state index contributed by atoms with van der Waals surface area (Å²) in [7, 11) is 0. The molecule has 1 nitrogen and oxygen atoms in total. The van der Waals surface area contributed by atoms with Crippen LogP contribution in [0.25, 0.3) is 0 Å². The van der Waals surface area contributed by atoms with Gasteiger partial charge in [0, 0.05) is 0 Å². The fourth-order valence-corrected chi connectivity index (χ4v) is 3.67. The van der Waals surface area contributed by atoms with Crippen molar-refractivity contribution < 1.29 is 0 Å². The van der Waals surface area contributed by atoms with Crippen LogP contribution in [-0.4, -0.2) is 0 Å². The Kier molecular flexibility index (Phi) is 4.19. The third-order valence-corrected chi connectivity index (χ3v) is 4.66. The summed E-state index contributed by atoms with van der Waals surface area (Å²) < 4.78 is 2.28. The molecular weight excluding hydrogens is 345 g/mol. The zero-order valence-corrected chi connectivity index (χ0v) is 14.4. The standard InChI is InChI=1S/C17H20IN/c1-11-7-6-8-12(2)17(11)19(18)16-10-14(4)13(3)9-15(16)5/h6-10H,1-5H3. The number of aryl methyl sites for hydroxylation is 5. The molecule has 0 amide bonds. The molecule has 0 heterocycles. The molecule has 2 aromatic rings. The Balaban J connectivity index is 2.56. The first-order chi connectivity index (χ1) is 8.91. The van der Waals surface area contributed by atoms with Crippen LogP contribution in [-0.2, 0) is 0 Å². The molecule has 0 bridgehead atoms. The maximum Gasteiger partial charge on any atom is 0.0646 e. The average molecular weight is 365 g/mol. The lowest BCUT2D eigenvalue weighted by Gasteiger charge is -2.24. The summed E-state index contributed by atoms with van der Waals surface area (Å²) in [5, 5.41) is 0. The second-order valence-electron chi connectivity index (χ2n) is 5.24. The molecule has 0 aromatic heterocycles. The molecular formula is C17H20IN. The highest BCUT2D eigenvalue weighted by Gasteiger charge is 2.14. The number of rotatable bonds is 2. The monoisotopic (exact) mass is 365 g/mol. The maximum absolute atomic E-state index is 2.41. The van der Waals surface area contributed by atoms with Gasteiger partial charge in [-0.1, -0.05) is 24.3 Å². The lowest BCUT2D eigenvalue weighted by atomic mass is 10.0. The molecule has 0 aliphatic heterocycles. The van der Waals surface area contributed by atoms with Gasteiger partial charge in [-0.05, 0) is 68.5 Å². The van der Waals surface area contributed by atoms with Crippen LogP contribution in [0.1, 0.15) is 27.8 Å². The molecule has 0 saturated carbocycles. The highest BCUT2D eigenvalue weighted by atomic mass is 127. The van der Waals surface area contributed by atoms with Crippen molar-refractivity contribution in [3.8, 4) is 0 Å². The summed E-state index contributed by atoms with van der Waals surface area (Å²) in [6.07, 6.45) is 0. The van der Waals surface area contributed by atoms with Crippen LogP contribution >= 0.6 is 22.9 Å². The van der Waals surface area contributed by atoms with Crippen LogP contribution in [0, 0.1) is 34.6 Å². The minimum atomic E-state index is 1.28. The predicted molar refractivity (Wildman–Crippen MR) is 92.7 cm³/mol. The fourth-order valence-electron chi connectivity index (χ4n) is 2.39. The summed E-state index contributed by atoms with van der Waals surface area (Å²) in [5.41, 5.74) is 9.22. The van der Waals surface area contributed by atoms with Crippen molar-refractivity contribution >= 4 is 34.2 Å². The van der Waals surface area contributed by atoms with Gasteiger partial charge in [0.25, 0.3) is 0 Å². The Morgan fingerprint density at radius 3 is 1.84 bits per heavy atom. The summed E-state index contributed by atoms with van der Waals surface area (Å²) in [5.74, 6) is 0. The van der Waals surface area contributed by atoms with Gasteiger partial charge >= 0.3 is 0 Å². The molecule has 0 spiro atoms. The molecule has 2 aromatic carbocycles. The first kappa shape index (κ1) is 14.4. The highest BCUT2D eigenvalue weighted by molar-refractivity contribution is 14.1. The molecule has 0 aliphatic rings. The first-order valence-electron chi connectivity index (χ1n) is 6.51. The van der Waals surface area contributed by atoms with E-state index in [-0.39, 0.29) is 0 Å². The van der Waals surface area contributed by atoms with E-state index in [1.165, 1.54) is 39.2 Å². The molecule has 0 radical (unpaired) electrons. The third kappa shape index (κ3) is 2.78. The minimum Gasteiger partial charge on any atom is -0.282 e. The zero-order valence-electron chi connectivity index (χ0n) is 12.2. The zero-order chi connectivity index (χ0) is 14.2. The molecule has 2 rings (SSSR count). The van der Waals surface area contributed by atoms with Crippen molar-refractivity contribution in [2.24, 2.45) is 0 Å². The molecule has 0 saturated heterocycles. The molecule has 2 heteroatoms. The van der Waals surface area contributed by atoms with E-state index in [2.05, 4.69) is 90.9 Å². The largest absolute Gasteiger partial charge is 0.282 e. The summed E-state index contributed by atoms with van der Waals surface area (Å²) in [4.78, 5) is 0. The van der Waals surface area contributed by atoms with Crippen molar-refractivity contribution in [2.45, 2.75) is 34.6 Å². The fraction of sp³-hybridized carbons (Fsp3) is 0.294. The normalized spacial score (nSPS) is 10.6. The molecule has 0 unspecified atom stereocenters. The summed E-state index contributed by atoms with van der Waals surface area (Å²) in [6, 6.07) is 11.0. The van der Waals surface area contributed by atoms with Crippen LogP contribution < -0.4 is 3.11 Å². The number of halogens is 1. The van der Waals surface area contributed by atoms with Gasteiger partial charge in [0.2, 0.25) is 0 Å². The van der Waals surface area contributed by atoms with E-state index < -0.39 is 0 Å². The Hall–Kier alpha value is -1.03. The first-order valence-corrected chi connectivity index (χ1v) is 7.48. The Labute approximate surface area is 130 Å². The van der Waals surface area contributed by atoms with E-state index in [9.17, 15) is 0 Å². The van der Waals surface area contributed by atoms with E-state index in [1.54, 1.807) is 0 Å². The molecule has 19 heavy (non-hydrogen) atoms. The minimum absolute atomic E-state index is 1.28. The van der Waals surface area contributed by atoms with Gasteiger partial charge in [-0.15, -0.1) is 0 Å². The molecule has 0 aliphatic carbocycles. The number of anilines is 2. The van der Waals surface area contributed by atoms with Gasteiger partial charge in [0.1, 0.15) is 0 Å². The lowest BCUT2D eigenvalue weighted by molar-refractivity contribution is 1.26. The van der Waals surface area contributed by atoms with Crippen LogP contribution in [0.2, 0.25) is 0 Å². The van der Waals surface area contributed by atoms with Crippen molar-refractivity contribution in [1.82, 2.24) is 0 Å². The Morgan fingerprint density at radius 2 is 1.26 bits per heavy atom. The van der Waals surface area contributed by atoms with Gasteiger partial charge in [-0.3, -0.25) is 3.11 Å². The SMILES string of the molecule is Cc1cc(C)c(N(I)c2c(C)cccc2C)cc1C. The highest BCUT2D eigenvalue weighted by Crippen LogP contribution is 2.37. The predicted octanol–water partition coefficient (Wildman–Crippen LogP) is 5.72. The number of para-hydroxylation sites is 1. The van der Waals surface area contributed by atoms with Crippen LogP contribution in [0.5, 0.6) is 0 Å². The number of benzene rings is 2. The summed E-state index contributed by atoms with van der Waals surface area (Å²) in [6.45, 7) is 10.9. The van der Waals surface area contributed by atoms with Gasteiger partial charge in [0.15, 0.2) is 0 Å². The smallest absolute Gasteiger partial charge is 0.0646 e. The van der Waals surface area contributed by atoms with E-state index >= 15 is 0 Å². The van der Waals surface area contributed by atoms with Gasteiger partial charge in [-0.25, -0.2) is 0 Å². The van der Waals surface area contributed by atoms with Gasteiger partial charge in [-0.2, -0.15) is 0 Å². The average Bonchev–Trinajstić information content (AvgIpc) is 2.33. The third-order valence-electron chi connectivity index (χ3n) is 3.66. The molecule has 0 atom stereocenters. The molecule has 0 fully saturated rings. The summed E-state index contributed by atoms with van der Waals surface area (Å²) >= 11 is 2.41. The van der Waals surface area contributed by atoms with E-state index in [0.29, 0.717) is 0 Å². The van der Waals surface area contributed by atoms with Gasteiger partial charge < -0.3 is 0 Å². The quantitative estimate of drug-likeness (QED) is 0.486. The van der Waals surface area contributed by atoms with E-state index in [1.807, 2.05) is 0 Å². The van der Waals surface area contributed by atoms with Crippen molar-refractivity contribution in [1.29, 1.82) is 0 Å². The van der Waals surface area contributed by atoms with Crippen molar-refractivity contribution in [2.75, 3.05) is 3.11 Å². The second kappa shape index (κ2) is 5.53. The Bertz CT molecular complexity index is 597. The second-order valence-corrected chi connectivity index (χ2v) is 6.21. The van der Waals surface area contributed by atoms with Crippen LogP contribution in [0.3, 0.4) is 0 Å². The lowest BCUT2D eigenvalue weighted by Crippen LogP contribution is -2.07. The van der Waals surface area contributed by atoms with Crippen LogP contribution in [0.15, 0.2) is 30.3 Å².